The van der Waals surface area contributed by atoms with Crippen LogP contribution in [0, 0.1) is 6.92 Å². The van der Waals surface area contributed by atoms with Crippen molar-refractivity contribution in [2.45, 2.75) is 38.6 Å². The van der Waals surface area contributed by atoms with Crippen molar-refractivity contribution in [3.05, 3.63) is 82.6 Å². The summed E-state index contributed by atoms with van der Waals surface area (Å²) in [4.78, 5) is 27.6. The maximum Gasteiger partial charge on any atom is 0.326 e. The molecular formula is C23H23NO3. The third kappa shape index (κ3) is 2.76. The number of hydrogen-bond acceptors (Lipinski definition) is 3. The van der Waals surface area contributed by atoms with Crippen molar-refractivity contribution < 1.29 is 14.3 Å². The number of aryl methyl sites for hydroxylation is 1. The van der Waals surface area contributed by atoms with E-state index in [1.807, 2.05) is 68.4 Å². The van der Waals surface area contributed by atoms with Gasteiger partial charge in [0.05, 0.1) is 13.2 Å². The Labute approximate surface area is 159 Å². The van der Waals surface area contributed by atoms with Crippen molar-refractivity contribution in [1.29, 1.82) is 0 Å². The second-order valence-corrected chi connectivity index (χ2v) is 7.13. The molecule has 0 spiro atoms. The first kappa shape index (κ1) is 17.5. The smallest absolute Gasteiger partial charge is 0.326 e. The standard InChI is InChI=1S/C23H23NO3/c1-3-27-22(26)23(18-11-7-8-16(2)14-18)19-12-13-20(25)24(21(19)23)15-17-9-5-4-6-10-17/h4-11,14H,3,12-13,15H2,1-2H3. The molecule has 4 nitrogen and oxygen atoms in total. The zero-order valence-electron chi connectivity index (χ0n) is 15.7. The molecular weight excluding hydrogens is 338 g/mol. The number of rotatable bonds is 5. The van der Waals surface area contributed by atoms with E-state index in [9.17, 15) is 9.59 Å². The summed E-state index contributed by atoms with van der Waals surface area (Å²) in [6, 6.07) is 17.9. The second-order valence-electron chi connectivity index (χ2n) is 7.13. The highest BCUT2D eigenvalue weighted by Crippen LogP contribution is 2.61. The van der Waals surface area contributed by atoms with E-state index >= 15 is 0 Å². The van der Waals surface area contributed by atoms with Crippen LogP contribution in [0.4, 0.5) is 0 Å². The van der Waals surface area contributed by atoms with E-state index in [4.69, 9.17) is 4.74 Å². The lowest BCUT2D eigenvalue weighted by molar-refractivity contribution is -0.146. The first-order chi connectivity index (χ1) is 13.1. The van der Waals surface area contributed by atoms with E-state index in [1.165, 1.54) is 0 Å². The van der Waals surface area contributed by atoms with Gasteiger partial charge in [-0.3, -0.25) is 9.59 Å². The molecule has 1 unspecified atom stereocenters. The Hall–Kier alpha value is -2.88. The van der Waals surface area contributed by atoms with Crippen molar-refractivity contribution in [2.75, 3.05) is 6.61 Å². The summed E-state index contributed by atoms with van der Waals surface area (Å²) in [6.07, 6.45) is 1.05. The third-order valence-corrected chi connectivity index (χ3v) is 5.41. The highest BCUT2D eigenvalue weighted by Gasteiger charge is 2.65. The van der Waals surface area contributed by atoms with Gasteiger partial charge in [0.1, 0.15) is 0 Å². The van der Waals surface area contributed by atoms with E-state index in [-0.39, 0.29) is 11.9 Å². The van der Waals surface area contributed by atoms with Crippen molar-refractivity contribution >= 4 is 11.9 Å². The Bertz CT molecular complexity index is 932. The molecule has 1 heterocycles. The van der Waals surface area contributed by atoms with Gasteiger partial charge < -0.3 is 9.64 Å². The second kappa shape index (κ2) is 6.69. The number of esters is 1. The quantitative estimate of drug-likeness (QED) is 0.759. The average Bonchev–Trinajstić information content (AvgIpc) is 3.35. The molecule has 2 aromatic carbocycles. The van der Waals surface area contributed by atoms with Crippen LogP contribution in [0.5, 0.6) is 0 Å². The minimum atomic E-state index is -0.900. The fourth-order valence-electron chi connectivity index (χ4n) is 4.18. The Morgan fingerprint density at radius 3 is 2.59 bits per heavy atom. The predicted octanol–water partition coefficient (Wildman–Crippen LogP) is 3.89. The van der Waals surface area contributed by atoms with Gasteiger partial charge >= 0.3 is 5.97 Å². The van der Waals surface area contributed by atoms with Gasteiger partial charge in [0, 0.05) is 12.1 Å². The highest BCUT2D eigenvalue weighted by molar-refractivity contribution is 6.02. The molecule has 1 atom stereocenters. The van der Waals surface area contributed by atoms with Crippen LogP contribution in [0.1, 0.15) is 36.5 Å². The zero-order chi connectivity index (χ0) is 19.0. The van der Waals surface area contributed by atoms with E-state index in [0.29, 0.717) is 26.0 Å². The lowest BCUT2D eigenvalue weighted by Crippen LogP contribution is -2.35. The SMILES string of the molecule is CCOC(=O)C1(c2cccc(C)c2)C2=C1N(Cc1ccccc1)C(=O)CC2. The van der Waals surface area contributed by atoms with Crippen molar-refractivity contribution in [3.63, 3.8) is 0 Å². The summed E-state index contributed by atoms with van der Waals surface area (Å²) in [5, 5.41) is 0. The number of benzene rings is 2. The summed E-state index contributed by atoms with van der Waals surface area (Å²) in [5.74, 6) is -0.204. The van der Waals surface area contributed by atoms with Crippen LogP contribution in [0.2, 0.25) is 0 Å². The first-order valence-electron chi connectivity index (χ1n) is 9.41. The van der Waals surface area contributed by atoms with E-state index in [1.54, 1.807) is 4.90 Å². The third-order valence-electron chi connectivity index (χ3n) is 5.41. The monoisotopic (exact) mass is 361 g/mol. The fourth-order valence-corrected chi connectivity index (χ4v) is 4.18. The first-order valence-corrected chi connectivity index (χ1v) is 9.41. The highest BCUT2D eigenvalue weighted by atomic mass is 16.5. The number of ether oxygens (including phenoxy) is 1. The Morgan fingerprint density at radius 1 is 1.11 bits per heavy atom. The predicted molar refractivity (Wildman–Crippen MR) is 103 cm³/mol. The maximum atomic E-state index is 13.1. The van der Waals surface area contributed by atoms with Crippen LogP contribution in [0.15, 0.2) is 65.9 Å². The molecule has 0 aromatic heterocycles. The summed E-state index contributed by atoms with van der Waals surface area (Å²) >= 11 is 0. The normalized spacial score (nSPS) is 21.1. The van der Waals surface area contributed by atoms with Crippen LogP contribution in [-0.4, -0.2) is 23.4 Å². The van der Waals surface area contributed by atoms with Gasteiger partial charge in [0.2, 0.25) is 5.91 Å². The van der Waals surface area contributed by atoms with Crippen molar-refractivity contribution in [1.82, 2.24) is 4.90 Å². The van der Waals surface area contributed by atoms with Gasteiger partial charge in [0.15, 0.2) is 5.41 Å². The molecule has 1 amide bonds. The van der Waals surface area contributed by atoms with E-state index in [2.05, 4.69) is 0 Å². The van der Waals surface area contributed by atoms with Crippen LogP contribution in [0.25, 0.3) is 0 Å². The molecule has 0 saturated heterocycles. The lowest BCUT2D eigenvalue weighted by atomic mass is 9.87. The maximum absolute atomic E-state index is 13.1. The number of hydrogen-bond donors (Lipinski definition) is 0. The van der Waals surface area contributed by atoms with Crippen molar-refractivity contribution in [2.24, 2.45) is 0 Å². The summed E-state index contributed by atoms with van der Waals surface area (Å²) < 4.78 is 5.47. The minimum Gasteiger partial charge on any atom is -0.465 e. The molecule has 0 radical (unpaired) electrons. The molecule has 1 aliphatic heterocycles. The molecule has 2 aromatic rings. The van der Waals surface area contributed by atoms with Crippen LogP contribution >= 0.6 is 0 Å². The largest absolute Gasteiger partial charge is 0.465 e. The van der Waals surface area contributed by atoms with E-state index < -0.39 is 5.41 Å². The van der Waals surface area contributed by atoms with Crippen LogP contribution in [-0.2, 0) is 26.3 Å². The molecule has 0 fully saturated rings. The molecule has 4 heteroatoms. The molecule has 1 aliphatic carbocycles. The van der Waals surface area contributed by atoms with E-state index in [0.717, 1.165) is 28.0 Å². The number of carbonyl (C=O) groups excluding carboxylic acids is 2. The number of amides is 1. The average molecular weight is 361 g/mol. The van der Waals surface area contributed by atoms with Gasteiger partial charge in [0.25, 0.3) is 0 Å². The molecule has 27 heavy (non-hydrogen) atoms. The molecule has 0 bridgehead atoms. The van der Waals surface area contributed by atoms with Gasteiger partial charge in [-0.2, -0.15) is 0 Å². The van der Waals surface area contributed by atoms with Crippen LogP contribution in [0.3, 0.4) is 0 Å². The van der Waals surface area contributed by atoms with Gasteiger partial charge in [-0.15, -0.1) is 0 Å². The summed E-state index contributed by atoms with van der Waals surface area (Å²) in [7, 11) is 0. The Kier molecular flexibility index (Phi) is 4.34. The molecule has 0 saturated carbocycles. The molecule has 0 N–H and O–H groups in total. The van der Waals surface area contributed by atoms with Gasteiger partial charge in [-0.1, -0.05) is 60.2 Å². The lowest BCUT2D eigenvalue weighted by Gasteiger charge is -2.25. The van der Waals surface area contributed by atoms with Crippen LogP contribution < -0.4 is 0 Å². The number of carbonyl (C=O) groups is 2. The molecule has 138 valence electrons. The zero-order valence-corrected chi connectivity index (χ0v) is 15.7. The number of likely N-dealkylation sites (tertiary alicyclic amines) is 1. The Balaban J connectivity index is 1.76. The minimum absolute atomic E-state index is 0.0661. The van der Waals surface area contributed by atoms with Gasteiger partial charge in [-0.25, -0.2) is 0 Å². The Morgan fingerprint density at radius 2 is 1.89 bits per heavy atom. The fraction of sp³-hybridized carbons (Fsp3) is 0.304. The van der Waals surface area contributed by atoms with Crippen molar-refractivity contribution in [3.8, 4) is 0 Å². The number of nitrogens with zero attached hydrogens (tertiary/aromatic N) is 1. The molecule has 4 rings (SSSR count). The summed E-state index contributed by atoms with van der Waals surface area (Å²) in [5.41, 5.74) is 3.99. The topological polar surface area (TPSA) is 46.6 Å². The van der Waals surface area contributed by atoms with Gasteiger partial charge in [-0.05, 0) is 37.0 Å². The molecule has 2 aliphatic rings. The summed E-state index contributed by atoms with van der Waals surface area (Å²) in [6.45, 7) is 4.62.